The molecule has 3 rings (SSSR count). The maximum Gasteiger partial charge on any atom is 0.126 e. The molecule has 0 aromatic heterocycles. The van der Waals surface area contributed by atoms with Gasteiger partial charge in [0.05, 0.1) is 11.6 Å². The van der Waals surface area contributed by atoms with Crippen LogP contribution in [0.25, 0.3) is 0 Å². The molecule has 4 heteroatoms. The standard InChI is InChI=1S/C16H20FN3/c1-2-20(15-6-11(10-18)5-12(17)7-15)16-8-13-3-4-14(9-16)19-13/h5-7,13-14,16,19H,2-4,8-9H2,1H3. The van der Waals surface area contributed by atoms with Crippen molar-refractivity contribution in [1.82, 2.24) is 5.32 Å². The van der Waals surface area contributed by atoms with E-state index in [0.29, 0.717) is 23.7 Å². The van der Waals surface area contributed by atoms with E-state index in [1.807, 2.05) is 6.07 Å². The van der Waals surface area contributed by atoms with Gasteiger partial charge in [-0.05, 0) is 50.8 Å². The van der Waals surface area contributed by atoms with Gasteiger partial charge in [0.2, 0.25) is 0 Å². The fourth-order valence-electron chi connectivity index (χ4n) is 3.74. The first kappa shape index (κ1) is 13.4. The molecule has 2 aliphatic heterocycles. The minimum absolute atomic E-state index is 0.325. The number of halogens is 1. The first-order valence-corrected chi connectivity index (χ1v) is 7.43. The molecule has 0 radical (unpaired) electrons. The first-order chi connectivity index (χ1) is 9.69. The van der Waals surface area contributed by atoms with Crippen molar-refractivity contribution in [2.24, 2.45) is 0 Å². The quantitative estimate of drug-likeness (QED) is 0.920. The third kappa shape index (κ3) is 2.51. The molecule has 2 atom stereocenters. The van der Waals surface area contributed by atoms with Crippen LogP contribution in [0, 0.1) is 17.1 Å². The van der Waals surface area contributed by atoms with Crippen molar-refractivity contribution in [1.29, 1.82) is 5.26 Å². The molecular weight excluding hydrogens is 253 g/mol. The van der Waals surface area contributed by atoms with Gasteiger partial charge in [0.1, 0.15) is 5.82 Å². The first-order valence-electron chi connectivity index (χ1n) is 7.43. The van der Waals surface area contributed by atoms with Crippen molar-refractivity contribution in [3.8, 4) is 6.07 Å². The van der Waals surface area contributed by atoms with Gasteiger partial charge in [0.25, 0.3) is 0 Å². The summed E-state index contributed by atoms with van der Waals surface area (Å²) in [6.45, 7) is 2.94. The predicted molar refractivity (Wildman–Crippen MR) is 77.1 cm³/mol. The van der Waals surface area contributed by atoms with Crippen LogP contribution < -0.4 is 10.2 Å². The van der Waals surface area contributed by atoms with Gasteiger partial charge in [-0.2, -0.15) is 5.26 Å². The smallest absolute Gasteiger partial charge is 0.126 e. The Morgan fingerprint density at radius 2 is 2.00 bits per heavy atom. The summed E-state index contributed by atoms with van der Waals surface area (Å²) in [6, 6.07) is 8.36. The summed E-state index contributed by atoms with van der Waals surface area (Å²) in [5, 5.41) is 12.6. The number of nitrogens with zero attached hydrogens (tertiary/aromatic N) is 2. The van der Waals surface area contributed by atoms with E-state index >= 15 is 0 Å². The van der Waals surface area contributed by atoms with Gasteiger partial charge in [-0.3, -0.25) is 0 Å². The zero-order valence-electron chi connectivity index (χ0n) is 11.8. The number of anilines is 1. The van der Waals surface area contributed by atoms with Gasteiger partial charge < -0.3 is 10.2 Å². The van der Waals surface area contributed by atoms with Crippen LogP contribution in [0.4, 0.5) is 10.1 Å². The minimum atomic E-state index is -0.325. The Morgan fingerprint density at radius 3 is 2.60 bits per heavy atom. The highest BCUT2D eigenvalue weighted by Gasteiger charge is 2.35. The Kier molecular flexibility index (Phi) is 3.62. The van der Waals surface area contributed by atoms with E-state index in [1.54, 1.807) is 12.1 Å². The number of piperidine rings is 1. The van der Waals surface area contributed by atoms with Gasteiger partial charge in [0.15, 0.2) is 0 Å². The molecule has 2 saturated heterocycles. The zero-order chi connectivity index (χ0) is 14.1. The van der Waals surface area contributed by atoms with Crippen LogP contribution in [0.3, 0.4) is 0 Å². The fraction of sp³-hybridized carbons (Fsp3) is 0.562. The van der Waals surface area contributed by atoms with Crippen LogP contribution in [0.15, 0.2) is 18.2 Å². The van der Waals surface area contributed by atoms with Crippen molar-refractivity contribution in [2.45, 2.75) is 50.7 Å². The van der Waals surface area contributed by atoms with E-state index in [0.717, 1.165) is 25.1 Å². The maximum atomic E-state index is 13.7. The number of benzene rings is 1. The molecule has 20 heavy (non-hydrogen) atoms. The lowest BCUT2D eigenvalue weighted by molar-refractivity contribution is 0.349. The molecule has 3 nitrogen and oxygen atoms in total. The van der Waals surface area contributed by atoms with Crippen LogP contribution >= 0.6 is 0 Å². The Bertz CT molecular complexity index is 525. The van der Waals surface area contributed by atoms with Gasteiger partial charge in [0, 0.05) is 30.4 Å². The van der Waals surface area contributed by atoms with Crippen molar-refractivity contribution in [3.63, 3.8) is 0 Å². The van der Waals surface area contributed by atoms with Crippen LogP contribution in [0.5, 0.6) is 0 Å². The monoisotopic (exact) mass is 273 g/mol. The Morgan fingerprint density at radius 1 is 1.30 bits per heavy atom. The van der Waals surface area contributed by atoms with Crippen LogP contribution in [-0.4, -0.2) is 24.7 Å². The molecule has 0 saturated carbocycles. The van der Waals surface area contributed by atoms with Crippen LogP contribution in [-0.2, 0) is 0 Å². The summed E-state index contributed by atoms with van der Waals surface area (Å²) in [5.74, 6) is -0.325. The molecule has 2 heterocycles. The van der Waals surface area contributed by atoms with Gasteiger partial charge in [-0.15, -0.1) is 0 Å². The number of hydrogen-bond acceptors (Lipinski definition) is 3. The van der Waals surface area contributed by atoms with E-state index < -0.39 is 0 Å². The molecule has 2 bridgehead atoms. The lowest BCUT2D eigenvalue weighted by Crippen LogP contribution is -2.48. The molecule has 2 fully saturated rings. The second-order valence-corrected chi connectivity index (χ2v) is 5.86. The highest BCUT2D eigenvalue weighted by Crippen LogP contribution is 2.32. The molecule has 106 valence electrons. The van der Waals surface area contributed by atoms with E-state index in [9.17, 15) is 4.39 Å². The number of nitrogens with one attached hydrogen (secondary N) is 1. The van der Waals surface area contributed by atoms with Gasteiger partial charge in [-0.1, -0.05) is 0 Å². The molecule has 2 aliphatic rings. The SMILES string of the molecule is CCN(c1cc(F)cc(C#N)c1)C1CC2CCC(C1)N2. The largest absolute Gasteiger partial charge is 0.369 e. The van der Waals surface area contributed by atoms with E-state index in [1.165, 1.54) is 18.9 Å². The Balaban J connectivity index is 1.86. The lowest BCUT2D eigenvalue weighted by atomic mass is 9.97. The van der Waals surface area contributed by atoms with Gasteiger partial charge in [-0.25, -0.2) is 4.39 Å². The van der Waals surface area contributed by atoms with Crippen molar-refractivity contribution in [3.05, 3.63) is 29.6 Å². The normalized spacial score (nSPS) is 28.1. The summed E-state index contributed by atoms with van der Waals surface area (Å²) < 4.78 is 13.7. The number of hydrogen-bond donors (Lipinski definition) is 1. The number of rotatable bonds is 3. The summed E-state index contributed by atoms with van der Waals surface area (Å²) in [5.41, 5.74) is 1.24. The van der Waals surface area contributed by atoms with Gasteiger partial charge >= 0.3 is 0 Å². The van der Waals surface area contributed by atoms with Crippen LogP contribution in [0.2, 0.25) is 0 Å². The molecule has 0 amide bonds. The Hall–Kier alpha value is -1.60. The summed E-state index contributed by atoms with van der Waals surface area (Å²) in [6.07, 6.45) is 4.74. The molecule has 2 unspecified atom stereocenters. The predicted octanol–water partition coefficient (Wildman–Crippen LogP) is 2.81. The molecule has 1 aromatic carbocycles. The Labute approximate surface area is 119 Å². The highest BCUT2D eigenvalue weighted by molar-refractivity contribution is 5.53. The average molecular weight is 273 g/mol. The average Bonchev–Trinajstić information content (AvgIpc) is 2.78. The minimum Gasteiger partial charge on any atom is -0.369 e. The van der Waals surface area contributed by atoms with Crippen LogP contribution in [0.1, 0.15) is 38.2 Å². The summed E-state index contributed by atoms with van der Waals surface area (Å²) >= 11 is 0. The third-order valence-corrected chi connectivity index (χ3v) is 4.57. The maximum absolute atomic E-state index is 13.7. The number of nitriles is 1. The summed E-state index contributed by atoms with van der Waals surface area (Å²) in [7, 11) is 0. The molecule has 0 spiro atoms. The van der Waals surface area contributed by atoms with Crippen molar-refractivity contribution < 1.29 is 4.39 Å². The molecular formula is C16H20FN3. The third-order valence-electron chi connectivity index (χ3n) is 4.57. The summed E-state index contributed by atoms with van der Waals surface area (Å²) in [4.78, 5) is 2.26. The topological polar surface area (TPSA) is 39.1 Å². The number of fused-ring (bicyclic) bond motifs is 2. The van der Waals surface area contributed by atoms with E-state index in [2.05, 4.69) is 17.1 Å². The molecule has 0 aliphatic carbocycles. The second kappa shape index (κ2) is 5.41. The van der Waals surface area contributed by atoms with E-state index in [4.69, 9.17) is 5.26 Å². The molecule has 1 N–H and O–H groups in total. The lowest BCUT2D eigenvalue weighted by Gasteiger charge is -2.38. The zero-order valence-corrected chi connectivity index (χ0v) is 11.8. The van der Waals surface area contributed by atoms with E-state index in [-0.39, 0.29) is 5.82 Å². The van der Waals surface area contributed by atoms with Crippen molar-refractivity contribution in [2.75, 3.05) is 11.4 Å². The molecule has 1 aromatic rings. The second-order valence-electron chi connectivity index (χ2n) is 5.86. The fourth-order valence-corrected chi connectivity index (χ4v) is 3.74. The van der Waals surface area contributed by atoms with Crippen molar-refractivity contribution >= 4 is 5.69 Å². The highest BCUT2D eigenvalue weighted by atomic mass is 19.1.